The lowest BCUT2D eigenvalue weighted by Crippen LogP contribution is -2.11. The Morgan fingerprint density at radius 2 is 1.75 bits per heavy atom. The first-order valence-electron chi connectivity index (χ1n) is 8.91. The molecule has 0 saturated carbocycles. The SMILES string of the molecule is O=C(Nc1nc(-c2ccc3c(c2)Cc2ccccc2-3)cs1)c1ccc(Cl)cc1. The number of carbonyl (C=O) groups excluding carboxylic acids is 1. The van der Waals surface area contributed by atoms with Crippen LogP contribution in [0.25, 0.3) is 22.4 Å². The lowest BCUT2D eigenvalue weighted by atomic mass is 10.0. The molecule has 0 atom stereocenters. The molecule has 4 aromatic rings. The molecule has 0 radical (unpaired) electrons. The number of hydrogen-bond acceptors (Lipinski definition) is 3. The van der Waals surface area contributed by atoms with Crippen LogP contribution in [0.5, 0.6) is 0 Å². The van der Waals surface area contributed by atoms with E-state index in [1.165, 1.54) is 33.6 Å². The van der Waals surface area contributed by atoms with Crippen LogP contribution in [0.15, 0.2) is 72.1 Å². The van der Waals surface area contributed by atoms with Gasteiger partial charge in [0.15, 0.2) is 5.13 Å². The molecular weight excluding hydrogens is 388 g/mol. The molecule has 0 saturated heterocycles. The van der Waals surface area contributed by atoms with Gasteiger partial charge < -0.3 is 0 Å². The molecule has 1 aliphatic carbocycles. The summed E-state index contributed by atoms with van der Waals surface area (Å²) in [6, 6.07) is 21.8. The van der Waals surface area contributed by atoms with E-state index in [2.05, 4.69) is 52.8 Å². The summed E-state index contributed by atoms with van der Waals surface area (Å²) >= 11 is 7.30. The first-order chi connectivity index (χ1) is 13.7. The lowest BCUT2D eigenvalue weighted by molar-refractivity contribution is 0.102. The van der Waals surface area contributed by atoms with Crippen molar-refractivity contribution < 1.29 is 4.79 Å². The molecule has 0 fully saturated rings. The smallest absolute Gasteiger partial charge is 0.257 e. The maximum absolute atomic E-state index is 12.4. The average Bonchev–Trinajstić information content (AvgIpc) is 3.32. The quantitative estimate of drug-likeness (QED) is 0.385. The number of hydrogen-bond donors (Lipinski definition) is 1. The van der Waals surface area contributed by atoms with E-state index in [0.29, 0.717) is 15.7 Å². The van der Waals surface area contributed by atoms with Gasteiger partial charge in [0.1, 0.15) is 0 Å². The largest absolute Gasteiger partial charge is 0.298 e. The van der Waals surface area contributed by atoms with Gasteiger partial charge in [0.25, 0.3) is 5.91 Å². The van der Waals surface area contributed by atoms with Crippen LogP contribution < -0.4 is 5.32 Å². The maximum Gasteiger partial charge on any atom is 0.257 e. The van der Waals surface area contributed by atoms with Gasteiger partial charge in [0.2, 0.25) is 0 Å². The van der Waals surface area contributed by atoms with Crippen LogP contribution in [-0.4, -0.2) is 10.9 Å². The molecule has 0 spiro atoms. The fourth-order valence-corrected chi connectivity index (χ4v) is 4.38. The number of rotatable bonds is 3. The Labute approximate surface area is 171 Å². The topological polar surface area (TPSA) is 42.0 Å². The Balaban J connectivity index is 1.37. The number of aromatic nitrogens is 1. The zero-order valence-electron chi connectivity index (χ0n) is 14.8. The second-order valence-electron chi connectivity index (χ2n) is 6.70. The number of halogens is 1. The van der Waals surface area contributed by atoms with E-state index in [0.717, 1.165) is 17.7 Å². The highest BCUT2D eigenvalue weighted by molar-refractivity contribution is 7.14. The van der Waals surface area contributed by atoms with E-state index in [1.54, 1.807) is 24.3 Å². The first kappa shape index (κ1) is 17.2. The summed E-state index contributed by atoms with van der Waals surface area (Å²) < 4.78 is 0. The fourth-order valence-electron chi connectivity index (χ4n) is 3.54. The van der Waals surface area contributed by atoms with Crippen LogP contribution in [0.1, 0.15) is 21.5 Å². The Morgan fingerprint density at radius 1 is 0.964 bits per heavy atom. The predicted molar refractivity (Wildman–Crippen MR) is 115 cm³/mol. The summed E-state index contributed by atoms with van der Waals surface area (Å²) in [5, 5.41) is 6.02. The van der Waals surface area contributed by atoms with Crippen molar-refractivity contribution in [3.05, 3.63) is 93.8 Å². The lowest BCUT2D eigenvalue weighted by Gasteiger charge is -2.04. The Morgan fingerprint density at radius 3 is 2.61 bits per heavy atom. The monoisotopic (exact) mass is 402 g/mol. The minimum absolute atomic E-state index is 0.193. The first-order valence-corrected chi connectivity index (χ1v) is 10.2. The van der Waals surface area contributed by atoms with Gasteiger partial charge in [-0.05, 0) is 59.0 Å². The van der Waals surface area contributed by atoms with Gasteiger partial charge in [-0.2, -0.15) is 0 Å². The van der Waals surface area contributed by atoms with Crippen molar-refractivity contribution >= 4 is 34.0 Å². The molecule has 1 N–H and O–H groups in total. The van der Waals surface area contributed by atoms with Crippen molar-refractivity contribution in [1.82, 2.24) is 4.98 Å². The van der Waals surface area contributed by atoms with E-state index in [4.69, 9.17) is 11.6 Å². The highest BCUT2D eigenvalue weighted by atomic mass is 35.5. The number of fused-ring (bicyclic) bond motifs is 3. The third-order valence-electron chi connectivity index (χ3n) is 4.92. The van der Waals surface area contributed by atoms with Crippen molar-refractivity contribution in [3.63, 3.8) is 0 Å². The molecule has 1 aromatic heterocycles. The molecular formula is C23H15ClN2OS. The van der Waals surface area contributed by atoms with Gasteiger partial charge in [0.05, 0.1) is 5.69 Å². The molecule has 1 aliphatic rings. The number of nitrogens with one attached hydrogen (secondary N) is 1. The molecule has 5 heteroatoms. The van der Waals surface area contributed by atoms with Gasteiger partial charge >= 0.3 is 0 Å². The molecule has 5 rings (SSSR count). The number of amides is 1. The zero-order valence-corrected chi connectivity index (χ0v) is 16.3. The molecule has 0 aliphatic heterocycles. The second-order valence-corrected chi connectivity index (χ2v) is 8.00. The van der Waals surface area contributed by atoms with E-state index in [9.17, 15) is 4.79 Å². The van der Waals surface area contributed by atoms with Gasteiger partial charge in [-0.15, -0.1) is 11.3 Å². The molecule has 0 unspecified atom stereocenters. The standard InChI is InChI=1S/C23H15ClN2OS/c24-18-8-5-14(6-9-18)22(27)26-23-25-21(13-28-23)16-7-10-20-17(12-16)11-15-3-1-2-4-19(15)20/h1-10,12-13H,11H2,(H,25,26,27). The Hall–Kier alpha value is -2.95. The normalized spacial score (nSPS) is 11.8. The van der Waals surface area contributed by atoms with Gasteiger partial charge in [-0.3, -0.25) is 10.1 Å². The van der Waals surface area contributed by atoms with Crippen LogP contribution in [-0.2, 0) is 6.42 Å². The molecule has 0 bridgehead atoms. The molecule has 3 aromatic carbocycles. The molecule has 3 nitrogen and oxygen atoms in total. The van der Waals surface area contributed by atoms with E-state index >= 15 is 0 Å². The van der Waals surface area contributed by atoms with E-state index < -0.39 is 0 Å². The van der Waals surface area contributed by atoms with Gasteiger partial charge in [-0.25, -0.2) is 4.98 Å². The summed E-state index contributed by atoms with van der Waals surface area (Å²) in [6.45, 7) is 0. The van der Waals surface area contributed by atoms with Crippen LogP contribution in [0, 0.1) is 0 Å². The van der Waals surface area contributed by atoms with Crippen molar-refractivity contribution in [1.29, 1.82) is 0 Å². The summed E-state index contributed by atoms with van der Waals surface area (Å²) in [5.74, 6) is -0.193. The third-order valence-corrected chi connectivity index (χ3v) is 5.93. The highest BCUT2D eigenvalue weighted by Crippen LogP contribution is 2.38. The van der Waals surface area contributed by atoms with Crippen molar-refractivity contribution in [2.45, 2.75) is 6.42 Å². The second kappa shape index (κ2) is 6.89. The Kier molecular flexibility index (Phi) is 4.23. The molecule has 1 heterocycles. The fraction of sp³-hybridized carbons (Fsp3) is 0.0435. The number of anilines is 1. The van der Waals surface area contributed by atoms with E-state index in [-0.39, 0.29) is 5.91 Å². The number of carbonyl (C=O) groups is 1. The van der Waals surface area contributed by atoms with Crippen LogP contribution in [0.4, 0.5) is 5.13 Å². The summed E-state index contributed by atoms with van der Waals surface area (Å²) in [7, 11) is 0. The minimum atomic E-state index is -0.193. The average molecular weight is 403 g/mol. The summed E-state index contributed by atoms with van der Waals surface area (Å²) in [5.41, 5.74) is 7.78. The van der Waals surface area contributed by atoms with Crippen LogP contribution in [0.3, 0.4) is 0 Å². The van der Waals surface area contributed by atoms with Crippen LogP contribution in [0.2, 0.25) is 5.02 Å². The maximum atomic E-state index is 12.4. The minimum Gasteiger partial charge on any atom is -0.298 e. The number of nitrogens with zero attached hydrogens (tertiary/aromatic N) is 1. The van der Waals surface area contributed by atoms with Crippen molar-refractivity contribution in [3.8, 4) is 22.4 Å². The highest BCUT2D eigenvalue weighted by Gasteiger charge is 2.19. The van der Waals surface area contributed by atoms with Gasteiger partial charge in [-0.1, -0.05) is 48.0 Å². The van der Waals surface area contributed by atoms with Crippen LogP contribution >= 0.6 is 22.9 Å². The number of thiazole rings is 1. The van der Waals surface area contributed by atoms with E-state index in [1.807, 2.05) is 5.38 Å². The predicted octanol–water partition coefficient (Wildman–Crippen LogP) is 6.29. The Bertz CT molecular complexity index is 1200. The number of benzene rings is 3. The zero-order chi connectivity index (χ0) is 19.1. The summed E-state index contributed by atoms with van der Waals surface area (Å²) in [4.78, 5) is 17.0. The summed E-state index contributed by atoms with van der Waals surface area (Å²) in [6.07, 6.45) is 0.948. The third kappa shape index (κ3) is 3.11. The molecule has 136 valence electrons. The van der Waals surface area contributed by atoms with Crippen molar-refractivity contribution in [2.75, 3.05) is 5.32 Å². The van der Waals surface area contributed by atoms with Gasteiger partial charge in [0, 0.05) is 21.5 Å². The molecule has 28 heavy (non-hydrogen) atoms. The van der Waals surface area contributed by atoms with Crippen molar-refractivity contribution in [2.24, 2.45) is 0 Å². The molecule has 1 amide bonds.